The summed E-state index contributed by atoms with van der Waals surface area (Å²) in [7, 11) is 0. The van der Waals surface area contributed by atoms with Gasteiger partial charge in [-0.15, -0.1) is 0 Å². The number of ether oxygens (including phenoxy) is 1. The minimum absolute atomic E-state index is 0.00178. The molecule has 0 bridgehead atoms. The molecular formula is C12H16N2O3. The summed E-state index contributed by atoms with van der Waals surface area (Å²) in [6.07, 6.45) is -0.874. The van der Waals surface area contributed by atoms with Crippen LogP contribution in [0.4, 0.5) is 0 Å². The second-order valence-corrected chi connectivity index (χ2v) is 3.76. The summed E-state index contributed by atoms with van der Waals surface area (Å²) in [5.74, 6) is -0.441. The van der Waals surface area contributed by atoms with Gasteiger partial charge >= 0.3 is 5.97 Å². The summed E-state index contributed by atoms with van der Waals surface area (Å²) in [5.41, 5.74) is 2.28. The largest absolute Gasteiger partial charge is 0.461 e. The standard InChI is InChI=1S/C12H16N2O3/c1-4-17-12(16)11-7(2)10(8(3)14-11)9(15)5-6-13/h9,14-15H,4-5H2,1-3H3. The first-order chi connectivity index (χ1) is 8.02. The Bertz CT molecular complexity index is 457. The van der Waals surface area contributed by atoms with Crippen LogP contribution in [0.1, 0.15) is 46.8 Å². The van der Waals surface area contributed by atoms with Gasteiger partial charge in [0.15, 0.2) is 0 Å². The highest BCUT2D eigenvalue weighted by Crippen LogP contribution is 2.26. The SMILES string of the molecule is CCOC(=O)c1[nH]c(C)c(C(O)CC#N)c1C. The number of esters is 1. The number of carbonyl (C=O) groups excluding carboxylic acids is 1. The van der Waals surface area contributed by atoms with E-state index >= 15 is 0 Å². The third-order valence-corrected chi connectivity index (χ3v) is 2.59. The van der Waals surface area contributed by atoms with Gasteiger partial charge in [0.25, 0.3) is 0 Å². The summed E-state index contributed by atoms with van der Waals surface area (Å²) in [4.78, 5) is 14.5. The average Bonchev–Trinajstić information content (AvgIpc) is 2.55. The first-order valence-electron chi connectivity index (χ1n) is 5.44. The number of aliphatic hydroxyl groups is 1. The predicted octanol–water partition coefficient (Wildman–Crippen LogP) is 1.76. The van der Waals surface area contributed by atoms with E-state index in [1.165, 1.54) is 0 Å². The van der Waals surface area contributed by atoms with E-state index < -0.39 is 12.1 Å². The van der Waals surface area contributed by atoms with Crippen molar-refractivity contribution in [2.45, 2.75) is 33.3 Å². The van der Waals surface area contributed by atoms with Crippen LogP contribution in [0.25, 0.3) is 0 Å². The zero-order valence-electron chi connectivity index (χ0n) is 10.2. The fourth-order valence-electron chi connectivity index (χ4n) is 1.86. The number of rotatable bonds is 4. The lowest BCUT2D eigenvalue weighted by molar-refractivity contribution is 0.0519. The van der Waals surface area contributed by atoms with Crippen LogP contribution in [-0.4, -0.2) is 22.7 Å². The van der Waals surface area contributed by atoms with Crippen molar-refractivity contribution in [3.8, 4) is 6.07 Å². The van der Waals surface area contributed by atoms with E-state index in [9.17, 15) is 9.90 Å². The predicted molar refractivity (Wildman–Crippen MR) is 61.4 cm³/mol. The number of aromatic nitrogens is 1. The van der Waals surface area contributed by atoms with Gasteiger partial charge in [0.2, 0.25) is 0 Å². The Kier molecular flexibility index (Phi) is 4.30. The lowest BCUT2D eigenvalue weighted by Gasteiger charge is -2.07. The number of hydrogen-bond donors (Lipinski definition) is 2. The molecule has 5 nitrogen and oxygen atoms in total. The molecule has 1 rings (SSSR count). The molecule has 17 heavy (non-hydrogen) atoms. The molecule has 1 aromatic heterocycles. The van der Waals surface area contributed by atoms with E-state index in [1.54, 1.807) is 20.8 Å². The first-order valence-corrected chi connectivity index (χ1v) is 5.44. The van der Waals surface area contributed by atoms with Gasteiger partial charge in [-0.2, -0.15) is 5.26 Å². The lowest BCUT2D eigenvalue weighted by Crippen LogP contribution is -2.07. The van der Waals surface area contributed by atoms with Gasteiger partial charge < -0.3 is 14.8 Å². The van der Waals surface area contributed by atoms with Crippen molar-refractivity contribution in [2.75, 3.05) is 6.61 Å². The minimum atomic E-state index is -0.876. The van der Waals surface area contributed by atoms with Gasteiger partial charge in [0, 0.05) is 11.3 Å². The molecule has 0 fully saturated rings. The Morgan fingerprint density at radius 2 is 2.24 bits per heavy atom. The molecule has 1 heterocycles. The van der Waals surface area contributed by atoms with Crippen molar-refractivity contribution in [3.05, 3.63) is 22.5 Å². The molecule has 1 aromatic rings. The summed E-state index contributed by atoms with van der Waals surface area (Å²) in [5, 5.41) is 18.4. The molecule has 0 aliphatic heterocycles. The highest BCUT2D eigenvalue weighted by molar-refractivity contribution is 5.89. The van der Waals surface area contributed by atoms with Crippen LogP contribution < -0.4 is 0 Å². The number of H-pyrrole nitrogens is 1. The molecule has 0 radical (unpaired) electrons. The Labute approximate surface area is 100 Å². The van der Waals surface area contributed by atoms with Crippen molar-refractivity contribution in [3.63, 3.8) is 0 Å². The van der Waals surface area contributed by atoms with Gasteiger partial charge in [-0.05, 0) is 26.3 Å². The lowest BCUT2D eigenvalue weighted by atomic mass is 10.0. The number of aryl methyl sites for hydroxylation is 1. The number of nitrogens with zero attached hydrogens (tertiary/aromatic N) is 1. The van der Waals surface area contributed by atoms with E-state index in [0.717, 1.165) is 0 Å². The van der Waals surface area contributed by atoms with Crippen LogP contribution in [0.15, 0.2) is 0 Å². The zero-order valence-corrected chi connectivity index (χ0v) is 10.2. The first kappa shape index (κ1) is 13.3. The van der Waals surface area contributed by atoms with E-state index in [-0.39, 0.29) is 6.42 Å². The van der Waals surface area contributed by atoms with Crippen LogP contribution in [0.5, 0.6) is 0 Å². The monoisotopic (exact) mass is 236 g/mol. The van der Waals surface area contributed by atoms with Crippen LogP contribution in [0.2, 0.25) is 0 Å². The number of carbonyl (C=O) groups is 1. The number of hydrogen-bond acceptors (Lipinski definition) is 4. The summed E-state index contributed by atoms with van der Waals surface area (Å²) >= 11 is 0. The van der Waals surface area contributed by atoms with Crippen molar-refractivity contribution >= 4 is 5.97 Å². The van der Waals surface area contributed by atoms with Crippen molar-refractivity contribution in [1.29, 1.82) is 5.26 Å². The highest BCUT2D eigenvalue weighted by Gasteiger charge is 2.22. The fourth-order valence-corrected chi connectivity index (χ4v) is 1.86. The molecule has 1 atom stereocenters. The average molecular weight is 236 g/mol. The molecule has 0 aliphatic rings. The Hall–Kier alpha value is -1.80. The van der Waals surface area contributed by atoms with E-state index in [0.29, 0.717) is 29.1 Å². The molecule has 0 aliphatic carbocycles. The second-order valence-electron chi connectivity index (χ2n) is 3.76. The van der Waals surface area contributed by atoms with Gasteiger partial charge in [-0.3, -0.25) is 0 Å². The minimum Gasteiger partial charge on any atom is -0.461 e. The number of nitriles is 1. The second kappa shape index (κ2) is 5.51. The molecular weight excluding hydrogens is 220 g/mol. The van der Waals surface area contributed by atoms with Crippen LogP contribution >= 0.6 is 0 Å². The van der Waals surface area contributed by atoms with Crippen molar-refractivity contribution < 1.29 is 14.6 Å². The molecule has 0 aromatic carbocycles. The zero-order chi connectivity index (χ0) is 13.0. The molecule has 0 spiro atoms. The van der Waals surface area contributed by atoms with Crippen molar-refractivity contribution in [2.24, 2.45) is 0 Å². The molecule has 1 unspecified atom stereocenters. The third-order valence-electron chi connectivity index (χ3n) is 2.59. The van der Waals surface area contributed by atoms with E-state index in [4.69, 9.17) is 10.00 Å². The Morgan fingerprint density at radius 3 is 2.76 bits per heavy atom. The number of aromatic amines is 1. The quantitative estimate of drug-likeness (QED) is 0.780. The van der Waals surface area contributed by atoms with E-state index in [1.807, 2.05) is 6.07 Å². The van der Waals surface area contributed by atoms with Crippen LogP contribution in [0, 0.1) is 25.2 Å². The molecule has 0 saturated carbocycles. The number of nitrogens with one attached hydrogen (secondary N) is 1. The summed E-state index contributed by atoms with van der Waals surface area (Å²) in [6, 6.07) is 1.90. The molecule has 2 N–H and O–H groups in total. The summed E-state index contributed by atoms with van der Waals surface area (Å²) in [6.45, 7) is 5.51. The van der Waals surface area contributed by atoms with Crippen LogP contribution in [0.3, 0.4) is 0 Å². The van der Waals surface area contributed by atoms with E-state index in [2.05, 4.69) is 4.98 Å². The molecule has 0 amide bonds. The Balaban J connectivity index is 3.10. The molecule has 92 valence electrons. The van der Waals surface area contributed by atoms with Gasteiger partial charge in [0.05, 0.1) is 25.2 Å². The van der Waals surface area contributed by atoms with Gasteiger partial charge in [-0.1, -0.05) is 0 Å². The van der Waals surface area contributed by atoms with Crippen LogP contribution in [-0.2, 0) is 4.74 Å². The van der Waals surface area contributed by atoms with Gasteiger partial charge in [0.1, 0.15) is 5.69 Å². The highest BCUT2D eigenvalue weighted by atomic mass is 16.5. The maximum absolute atomic E-state index is 11.6. The number of aliphatic hydroxyl groups excluding tert-OH is 1. The molecule has 5 heteroatoms. The third kappa shape index (κ3) is 2.66. The maximum atomic E-state index is 11.6. The Morgan fingerprint density at radius 1 is 1.59 bits per heavy atom. The molecule has 0 saturated heterocycles. The maximum Gasteiger partial charge on any atom is 0.355 e. The normalized spacial score (nSPS) is 11.9. The topological polar surface area (TPSA) is 86.1 Å². The van der Waals surface area contributed by atoms with Crippen molar-refractivity contribution in [1.82, 2.24) is 4.98 Å². The van der Waals surface area contributed by atoms with Gasteiger partial charge in [-0.25, -0.2) is 4.79 Å². The summed E-state index contributed by atoms with van der Waals surface area (Å²) < 4.78 is 4.90. The fraction of sp³-hybridized carbons (Fsp3) is 0.500. The smallest absolute Gasteiger partial charge is 0.355 e.